The summed E-state index contributed by atoms with van der Waals surface area (Å²) in [6, 6.07) is 82.3. The van der Waals surface area contributed by atoms with Gasteiger partial charge in [-0.05, 0) is 137 Å². The number of anilines is 3. The van der Waals surface area contributed by atoms with Crippen LogP contribution in [0.5, 0.6) is 0 Å². The molecule has 0 unspecified atom stereocenters. The zero-order valence-electron chi connectivity index (χ0n) is 33.8. The first-order valence-corrected chi connectivity index (χ1v) is 20.9. The van der Waals surface area contributed by atoms with Crippen LogP contribution in [0.1, 0.15) is 25.0 Å². The van der Waals surface area contributed by atoms with Crippen LogP contribution in [0.25, 0.3) is 77.2 Å². The van der Waals surface area contributed by atoms with Crippen molar-refractivity contribution in [1.29, 1.82) is 0 Å². The van der Waals surface area contributed by atoms with Crippen LogP contribution in [0.3, 0.4) is 0 Å². The Bertz CT molecular complexity index is 3190. The Labute approximate surface area is 352 Å². The second-order valence-electron chi connectivity index (χ2n) is 16.6. The van der Waals surface area contributed by atoms with Gasteiger partial charge in [0.1, 0.15) is 0 Å². The zero-order chi connectivity index (χ0) is 40.2. The lowest BCUT2D eigenvalue weighted by Crippen LogP contribution is -2.14. The Balaban J connectivity index is 0.943. The molecule has 0 heterocycles. The Kier molecular flexibility index (Phi) is 8.57. The summed E-state index contributed by atoms with van der Waals surface area (Å²) in [4.78, 5) is 2.37. The van der Waals surface area contributed by atoms with Crippen molar-refractivity contribution in [2.75, 3.05) is 4.90 Å². The molecule has 0 aromatic heterocycles. The minimum atomic E-state index is -0.0386. The molecule has 60 heavy (non-hydrogen) atoms. The van der Waals surface area contributed by atoms with E-state index in [2.05, 4.69) is 243 Å². The Morgan fingerprint density at radius 2 is 0.650 bits per heavy atom. The van der Waals surface area contributed by atoms with Crippen LogP contribution in [0.4, 0.5) is 17.1 Å². The fraction of sp³-hybridized carbons (Fsp3) is 0.0508. The number of rotatable bonds is 7. The molecule has 0 aliphatic heterocycles. The maximum Gasteiger partial charge on any atom is 0.0462 e. The van der Waals surface area contributed by atoms with E-state index in [0.29, 0.717) is 0 Å². The average Bonchev–Trinajstić information content (AvgIpc) is 3.55. The zero-order valence-corrected chi connectivity index (χ0v) is 33.8. The van der Waals surface area contributed by atoms with Crippen LogP contribution < -0.4 is 4.90 Å². The number of fused-ring (bicyclic) bond motifs is 5. The predicted octanol–water partition coefficient (Wildman–Crippen LogP) is 16.4. The quantitative estimate of drug-likeness (QED) is 0.156. The summed E-state index contributed by atoms with van der Waals surface area (Å²) in [7, 11) is 0. The number of hydrogen-bond acceptors (Lipinski definition) is 1. The van der Waals surface area contributed by atoms with Gasteiger partial charge in [0.25, 0.3) is 0 Å². The molecule has 11 rings (SSSR count). The molecule has 1 aliphatic rings. The maximum atomic E-state index is 2.37. The average molecular weight is 766 g/mol. The molecule has 0 fully saturated rings. The smallest absolute Gasteiger partial charge is 0.0462 e. The highest BCUT2D eigenvalue weighted by molar-refractivity contribution is 5.94. The fourth-order valence-corrected chi connectivity index (χ4v) is 9.43. The van der Waals surface area contributed by atoms with Gasteiger partial charge in [-0.1, -0.05) is 190 Å². The van der Waals surface area contributed by atoms with E-state index < -0.39 is 0 Å². The summed E-state index contributed by atoms with van der Waals surface area (Å²) in [5, 5.41) is 5.03. The molecule has 0 bridgehead atoms. The summed E-state index contributed by atoms with van der Waals surface area (Å²) in [5.74, 6) is 0. The van der Waals surface area contributed by atoms with Crippen molar-refractivity contribution in [2.45, 2.75) is 19.3 Å². The van der Waals surface area contributed by atoms with Gasteiger partial charge in [0.15, 0.2) is 0 Å². The van der Waals surface area contributed by atoms with Crippen LogP contribution in [-0.4, -0.2) is 0 Å². The van der Waals surface area contributed by atoms with Crippen LogP contribution in [0.2, 0.25) is 0 Å². The minimum Gasteiger partial charge on any atom is -0.311 e. The highest BCUT2D eigenvalue weighted by Gasteiger charge is 2.36. The normalized spacial score (nSPS) is 12.6. The molecule has 0 saturated carbocycles. The van der Waals surface area contributed by atoms with E-state index in [1.165, 1.54) is 88.3 Å². The van der Waals surface area contributed by atoms with Crippen molar-refractivity contribution >= 4 is 38.6 Å². The summed E-state index contributed by atoms with van der Waals surface area (Å²) in [6.45, 7) is 4.69. The second-order valence-corrected chi connectivity index (χ2v) is 16.6. The van der Waals surface area contributed by atoms with E-state index in [-0.39, 0.29) is 5.41 Å². The van der Waals surface area contributed by atoms with Crippen molar-refractivity contribution in [1.82, 2.24) is 0 Å². The predicted molar refractivity (Wildman–Crippen MR) is 255 cm³/mol. The Morgan fingerprint density at radius 3 is 1.17 bits per heavy atom. The molecule has 284 valence electrons. The molecule has 0 radical (unpaired) electrons. The summed E-state index contributed by atoms with van der Waals surface area (Å²) < 4.78 is 0. The van der Waals surface area contributed by atoms with E-state index in [0.717, 1.165) is 17.1 Å². The summed E-state index contributed by atoms with van der Waals surface area (Å²) in [6.07, 6.45) is 0. The van der Waals surface area contributed by atoms with Crippen molar-refractivity contribution in [2.24, 2.45) is 0 Å². The maximum absolute atomic E-state index is 2.37. The van der Waals surface area contributed by atoms with Crippen LogP contribution in [-0.2, 0) is 5.41 Å². The van der Waals surface area contributed by atoms with E-state index in [1.54, 1.807) is 0 Å². The fourth-order valence-electron chi connectivity index (χ4n) is 9.43. The number of benzene rings is 10. The van der Waals surface area contributed by atoms with E-state index in [4.69, 9.17) is 0 Å². The van der Waals surface area contributed by atoms with Gasteiger partial charge in [0, 0.05) is 22.5 Å². The van der Waals surface area contributed by atoms with Gasteiger partial charge in [0.2, 0.25) is 0 Å². The molecule has 0 amide bonds. The third-order valence-electron chi connectivity index (χ3n) is 12.7. The van der Waals surface area contributed by atoms with Crippen LogP contribution >= 0.6 is 0 Å². The van der Waals surface area contributed by atoms with Gasteiger partial charge < -0.3 is 4.90 Å². The van der Waals surface area contributed by atoms with Crippen molar-refractivity contribution in [3.63, 3.8) is 0 Å². The lowest BCUT2D eigenvalue weighted by molar-refractivity contribution is 0.660. The SMILES string of the molecule is CC1(C)c2ccccc2-c2c(-c3ccc(N(c4ccc(-c5ccc(-c6ccc7ccccc7c6)cc5)cc4)c4ccc(-c5ccc6ccccc6c5)cc4)cc3)cccc21. The lowest BCUT2D eigenvalue weighted by Gasteiger charge is -2.26. The van der Waals surface area contributed by atoms with E-state index >= 15 is 0 Å². The molecule has 0 spiro atoms. The van der Waals surface area contributed by atoms with E-state index in [9.17, 15) is 0 Å². The monoisotopic (exact) mass is 765 g/mol. The molecule has 1 aliphatic carbocycles. The van der Waals surface area contributed by atoms with Gasteiger partial charge in [-0.25, -0.2) is 0 Å². The van der Waals surface area contributed by atoms with Crippen LogP contribution in [0.15, 0.2) is 224 Å². The molecule has 1 nitrogen and oxygen atoms in total. The first-order chi connectivity index (χ1) is 29.5. The molecule has 10 aromatic rings. The minimum absolute atomic E-state index is 0.0386. The highest BCUT2D eigenvalue weighted by Crippen LogP contribution is 2.52. The summed E-state index contributed by atoms with van der Waals surface area (Å²) in [5.41, 5.74) is 18.5. The Morgan fingerprint density at radius 1 is 0.283 bits per heavy atom. The topological polar surface area (TPSA) is 3.24 Å². The molecule has 1 heteroatoms. The summed E-state index contributed by atoms with van der Waals surface area (Å²) >= 11 is 0. The van der Waals surface area contributed by atoms with Crippen molar-refractivity contribution in [3.8, 4) is 55.6 Å². The lowest BCUT2D eigenvalue weighted by atomic mass is 9.82. The molecule has 0 saturated heterocycles. The third kappa shape index (κ3) is 6.19. The molecular formula is C59H43N. The van der Waals surface area contributed by atoms with Gasteiger partial charge in [-0.15, -0.1) is 0 Å². The van der Waals surface area contributed by atoms with Gasteiger partial charge in [-0.3, -0.25) is 0 Å². The number of nitrogens with zero attached hydrogens (tertiary/aromatic N) is 1. The highest BCUT2D eigenvalue weighted by atomic mass is 15.1. The first kappa shape index (κ1) is 35.7. The van der Waals surface area contributed by atoms with Crippen LogP contribution in [0, 0.1) is 0 Å². The first-order valence-electron chi connectivity index (χ1n) is 20.9. The third-order valence-corrected chi connectivity index (χ3v) is 12.7. The van der Waals surface area contributed by atoms with Gasteiger partial charge >= 0.3 is 0 Å². The van der Waals surface area contributed by atoms with Crippen molar-refractivity contribution in [3.05, 3.63) is 236 Å². The largest absolute Gasteiger partial charge is 0.311 e. The second kappa shape index (κ2) is 14.4. The number of hydrogen-bond donors (Lipinski definition) is 0. The van der Waals surface area contributed by atoms with Gasteiger partial charge in [-0.2, -0.15) is 0 Å². The molecular weight excluding hydrogens is 723 g/mol. The van der Waals surface area contributed by atoms with Gasteiger partial charge in [0.05, 0.1) is 0 Å². The Hall–Kier alpha value is -7.48. The molecule has 0 atom stereocenters. The standard InChI is InChI=1S/C59H43N/c1-59(2)56-16-8-7-14-55(56)58-54(15-9-17-57(58)59)46-30-36-53(37-31-46)60(52-34-28-45(29-35-52)50-25-23-41-11-4-6-13-48(41)39-50)51-32-26-43(27-33-51)42-18-20-44(21-19-42)49-24-22-40-10-3-5-12-47(40)38-49/h3-39H,1-2H3. The van der Waals surface area contributed by atoms with Crippen molar-refractivity contribution < 1.29 is 0 Å². The van der Waals surface area contributed by atoms with E-state index in [1.807, 2.05) is 0 Å². The molecule has 0 N–H and O–H groups in total. The molecule has 10 aromatic carbocycles.